The SMILES string of the molecule is CC(O)C(N)C=O.O=C(CO)C(O)C(O)C(O)CO. The number of aliphatic hydroxyl groups excluding tert-OH is 6. The number of nitrogens with two attached hydrogens (primary N) is 1. The van der Waals surface area contributed by atoms with Gasteiger partial charge in [0.15, 0.2) is 5.78 Å². The normalized spacial score (nSPS) is 18.3. The van der Waals surface area contributed by atoms with Gasteiger partial charge in [0.25, 0.3) is 0 Å². The van der Waals surface area contributed by atoms with Gasteiger partial charge in [0.1, 0.15) is 31.2 Å². The third-order valence-corrected chi connectivity index (χ3v) is 2.10. The number of Topliss-reactive ketones (excluding diaryl/α,β-unsaturated/α-hetero) is 1. The predicted molar refractivity (Wildman–Crippen MR) is 62.9 cm³/mol. The quantitative estimate of drug-likeness (QED) is 0.226. The molecule has 9 nitrogen and oxygen atoms in total. The van der Waals surface area contributed by atoms with E-state index in [-0.39, 0.29) is 0 Å². The Labute approximate surface area is 109 Å². The van der Waals surface area contributed by atoms with Gasteiger partial charge in [0.2, 0.25) is 0 Å². The Morgan fingerprint density at radius 1 is 1.21 bits per heavy atom. The molecule has 19 heavy (non-hydrogen) atoms. The summed E-state index contributed by atoms with van der Waals surface area (Å²) in [7, 11) is 0. The van der Waals surface area contributed by atoms with Gasteiger partial charge in [-0.1, -0.05) is 0 Å². The third kappa shape index (κ3) is 8.72. The summed E-state index contributed by atoms with van der Waals surface area (Å²) in [6.45, 7) is -0.216. The van der Waals surface area contributed by atoms with Gasteiger partial charge >= 0.3 is 0 Å². The minimum Gasteiger partial charge on any atom is -0.394 e. The molecular weight excluding hydrogens is 262 g/mol. The van der Waals surface area contributed by atoms with Crippen molar-refractivity contribution in [3.8, 4) is 0 Å². The fourth-order valence-electron chi connectivity index (χ4n) is 0.716. The van der Waals surface area contributed by atoms with Crippen LogP contribution in [0.4, 0.5) is 0 Å². The van der Waals surface area contributed by atoms with Crippen molar-refractivity contribution in [2.24, 2.45) is 5.73 Å². The molecule has 0 amide bonds. The van der Waals surface area contributed by atoms with Gasteiger partial charge in [-0.15, -0.1) is 0 Å². The van der Waals surface area contributed by atoms with Crippen molar-refractivity contribution >= 4 is 12.1 Å². The topological polar surface area (TPSA) is 182 Å². The smallest absolute Gasteiger partial charge is 0.189 e. The summed E-state index contributed by atoms with van der Waals surface area (Å²) in [5.41, 5.74) is 5.00. The minimum atomic E-state index is -1.86. The highest BCUT2D eigenvalue weighted by Crippen LogP contribution is 2.00. The summed E-state index contributed by atoms with van der Waals surface area (Å²) in [4.78, 5) is 20.2. The summed E-state index contributed by atoms with van der Waals surface area (Å²) >= 11 is 0. The lowest BCUT2D eigenvalue weighted by atomic mass is 10.1. The van der Waals surface area contributed by atoms with Crippen LogP contribution in [0, 0.1) is 0 Å². The first kappa shape index (κ1) is 20.4. The van der Waals surface area contributed by atoms with Crippen LogP contribution in [-0.2, 0) is 9.59 Å². The molecule has 0 aromatic carbocycles. The van der Waals surface area contributed by atoms with Crippen LogP contribution in [-0.4, -0.2) is 86.4 Å². The van der Waals surface area contributed by atoms with E-state index in [1.165, 1.54) is 6.92 Å². The Hall–Kier alpha value is -0.940. The standard InChI is InChI=1S/C6H12O6.C4H9NO2/c7-1-3(9)5(11)6(12)4(10)2-8;1-3(7)4(5)2-6/h3,5-9,11-12H,1-2H2;2-4,7H,5H2,1H3. The highest BCUT2D eigenvalue weighted by Gasteiger charge is 2.28. The van der Waals surface area contributed by atoms with Crippen molar-refractivity contribution in [3.63, 3.8) is 0 Å². The Balaban J connectivity index is 0. The van der Waals surface area contributed by atoms with Gasteiger partial charge in [0, 0.05) is 0 Å². The van der Waals surface area contributed by atoms with E-state index >= 15 is 0 Å². The first-order valence-electron chi connectivity index (χ1n) is 5.40. The first-order valence-corrected chi connectivity index (χ1v) is 5.40. The van der Waals surface area contributed by atoms with E-state index in [0.29, 0.717) is 6.29 Å². The van der Waals surface area contributed by atoms with E-state index in [9.17, 15) is 9.59 Å². The van der Waals surface area contributed by atoms with Crippen molar-refractivity contribution in [2.75, 3.05) is 13.2 Å². The molecule has 0 aliphatic rings. The van der Waals surface area contributed by atoms with Crippen molar-refractivity contribution in [2.45, 2.75) is 37.4 Å². The summed E-state index contributed by atoms with van der Waals surface area (Å²) in [6, 6.07) is -0.722. The zero-order valence-corrected chi connectivity index (χ0v) is 10.5. The van der Waals surface area contributed by atoms with Gasteiger partial charge in [-0.3, -0.25) is 4.79 Å². The van der Waals surface area contributed by atoms with Crippen molar-refractivity contribution < 1.29 is 40.2 Å². The molecule has 0 spiro atoms. The molecule has 0 bridgehead atoms. The molecule has 0 heterocycles. The summed E-state index contributed by atoms with van der Waals surface area (Å²) in [6.07, 6.45) is -5.43. The van der Waals surface area contributed by atoms with Crippen LogP contribution in [0.25, 0.3) is 0 Å². The zero-order valence-electron chi connectivity index (χ0n) is 10.5. The lowest BCUT2D eigenvalue weighted by molar-refractivity contribution is -0.142. The molecule has 8 N–H and O–H groups in total. The number of carbonyl (C=O) groups excluding carboxylic acids is 2. The maximum absolute atomic E-state index is 10.5. The molecule has 0 rings (SSSR count). The lowest BCUT2D eigenvalue weighted by Crippen LogP contribution is -2.44. The average molecular weight is 283 g/mol. The van der Waals surface area contributed by atoms with Crippen molar-refractivity contribution in [1.29, 1.82) is 0 Å². The predicted octanol–water partition coefficient (Wildman–Crippen LogP) is -4.48. The van der Waals surface area contributed by atoms with Crippen molar-refractivity contribution in [3.05, 3.63) is 0 Å². The summed E-state index contributed by atoms with van der Waals surface area (Å²) in [5, 5.41) is 51.5. The second-order valence-electron chi connectivity index (χ2n) is 3.76. The fraction of sp³-hybridized carbons (Fsp3) is 0.800. The first-order chi connectivity index (χ1) is 8.72. The second-order valence-corrected chi connectivity index (χ2v) is 3.76. The molecule has 0 aromatic heterocycles. The fourth-order valence-corrected chi connectivity index (χ4v) is 0.716. The molecule has 0 aliphatic carbocycles. The van der Waals surface area contributed by atoms with E-state index in [4.69, 9.17) is 36.4 Å². The van der Waals surface area contributed by atoms with E-state index in [1.54, 1.807) is 0 Å². The van der Waals surface area contributed by atoms with Crippen LogP contribution >= 0.6 is 0 Å². The van der Waals surface area contributed by atoms with Gasteiger partial charge < -0.3 is 41.2 Å². The maximum Gasteiger partial charge on any atom is 0.189 e. The van der Waals surface area contributed by atoms with Crippen LogP contribution in [0.15, 0.2) is 0 Å². The molecule has 0 aromatic rings. The largest absolute Gasteiger partial charge is 0.394 e. The molecule has 0 aliphatic heterocycles. The minimum absolute atomic E-state index is 0.519. The highest BCUT2D eigenvalue weighted by molar-refractivity contribution is 5.84. The van der Waals surface area contributed by atoms with Crippen LogP contribution < -0.4 is 5.73 Å². The Morgan fingerprint density at radius 3 is 1.89 bits per heavy atom. The van der Waals surface area contributed by atoms with Gasteiger partial charge in [-0.25, -0.2) is 0 Å². The van der Waals surface area contributed by atoms with Crippen LogP contribution in [0.5, 0.6) is 0 Å². The number of rotatable bonds is 7. The molecule has 5 atom stereocenters. The number of hydrogen-bond acceptors (Lipinski definition) is 9. The Morgan fingerprint density at radius 2 is 1.68 bits per heavy atom. The monoisotopic (exact) mass is 283 g/mol. The highest BCUT2D eigenvalue weighted by atomic mass is 16.4. The summed E-state index contributed by atoms with van der Waals surface area (Å²) < 4.78 is 0. The van der Waals surface area contributed by atoms with Gasteiger partial charge in [0.05, 0.1) is 18.8 Å². The van der Waals surface area contributed by atoms with Gasteiger partial charge in [-0.05, 0) is 6.92 Å². The van der Waals surface area contributed by atoms with Crippen LogP contribution in [0.2, 0.25) is 0 Å². The van der Waals surface area contributed by atoms with Crippen LogP contribution in [0.1, 0.15) is 6.92 Å². The number of hydrogen-bond donors (Lipinski definition) is 7. The lowest BCUT2D eigenvalue weighted by Gasteiger charge is -2.19. The molecule has 9 heteroatoms. The van der Waals surface area contributed by atoms with Crippen LogP contribution in [0.3, 0.4) is 0 Å². The van der Waals surface area contributed by atoms with E-state index in [0.717, 1.165) is 0 Å². The maximum atomic E-state index is 10.5. The Bertz CT molecular complexity index is 260. The second kappa shape index (κ2) is 10.9. The molecule has 0 radical (unpaired) electrons. The molecule has 0 fully saturated rings. The molecule has 0 saturated heterocycles. The van der Waals surface area contributed by atoms with E-state index < -0.39 is 49.5 Å². The summed E-state index contributed by atoms with van der Waals surface area (Å²) in [5.74, 6) is -1.00. The number of aliphatic hydroxyl groups is 6. The zero-order chi connectivity index (χ0) is 15.6. The molecule has 5 unspecified atom stereocenters. The Kier molecular flexibility index (Phi) is 11.7. The number of aldehydes is 1. The van der Waals surface area contributed by atoms with Crippen molar-refractivity contribution in [1.82, 2.24) is 0 Å². The molecule has 114 valence electrons. The molecule has 0 saturated carbocycles. The van der Waals surface area contributed by atoms with E-state index in [2.05, 4.69) is 0 Å². The third-order valence-electron chi connectivity index (χ3n) is 2.10. The van der Waals surface area contributed by atoms with Gasteiger partial charge in [-0.2, -0.15) is 0 Å². The molecular formula is C10H21NO8. The number of carbonyl (C=O) groups is 2. The van der Waals surface area contributed by atoms with E-state index in [1.807, 2.05) is 0 Å². The average Bonchev–Trinajstić information content (AvgIpc) is 2.43. The number of ketones is 1.